The maximum Gasteiger partial charge on any atom is 0.327 e. The van der Waals surface area contributed by atoms with Crippen LogP contribution in [0.1, 0.15) is 13.3 Å². The zero-order valence-corrected chi connectivity index (χ0v) is 11.1. The summed E-state index contributed by atoms with van der Waals surface area (Å²) < 4.78 is 0. The number of thioether (sulfide) groups is 1. The van der Waals surface area contributed by atoms with Gasteiger partial charge < -0.3 is 20.0 Å². The largest absolute Gasteiger partial charge is 0.480 e. The van der Waals surface area contributed by atoms with Gasteiger partial charge in [-0.15, -0.1) is 11.8 Å². The molecule has 0 aliphatic carbocycles. The number of aliphatic hydroxyl groups excluding tert-OH is 1. The van der Waals surface area contributed by atoms with E-state index in [9.17, 15) is 14.7 Å². The SMILES string of the molecule is CC1CN(C(=O)N2CSC[C@H]2C(=O)O)CCC1O. The number of amides is 2. The molecule has 2 rings (SSSR count). The first-order chi connectivity index (χ1) is 8.50. The molecule has 2 aliphatic rings. The standard InChI is InChI=1S/C11H18N2O4S/c1-7-4-12(3-2-9(7)14)11(17)13-6-18-5-8(13)10(15)16/h7-9,14H,2-6H2,1H3,(H,15,16)/t7?,8-,9?/m0/s1. The first-order valence-electron chi connectivity index (χ1n) is 6.05. The molecule has 2 saturated heterocycles. The summed E-state index contributed by atoms with van der Waals surface area (Å²) in [6, 6.07) is -0.934. The third-order valence-electron chi connectivity index (χ3n) is 3.54. The molecule has 0 aromatic carbocycles. The lowest BCUT2D eigenvalue weighted by Crippen LogP contribution is -2.53. The number of rotatable bonds is 1. The quantitative estimate of drug-likeness (QED) is 0.717. The number of aliphatic hydroxyl groups is 1. The monoisotopic (exact) mass is 274 g/mol. The van der Waals surface area contributed by atoms with Gasteiger partial charge in [0.05, 0.1) is 12.0 Å². The predicted octanol–water partition coefficient (Wildman–Crippen LogP) is 0.269. The molecule has 7 heteroatoms. The number of hydrogen-bond acceptors (Lipinski definition) is 4. The van der Waals surface area contributed by atoms with Gasteiger partial charge in [-0.05, 0) is 12.3 Å². The van der Waals surface area contributed by atoms with Crippen LogP contribution in [0.3, 0.4) is 0 Å². The normalized spacial score (nSPS) is 32.7. The van der Waals surface area contributed by atoms with Crippen LogP contribution in [-0.2, 0) is 4.79 Å². The molecule has 6 nitrogen and oxygen atoms in total. The number of nitrogens with zero attached hydrogens (tertiary/aromatic N) is 2. The number of carbonyl (C=O) groups is 2. The molecule has 2 fully saturated rings. The number of aliphatic carboxylic acids is 1. The lowest BCUT2D eigenvalue weighted by atomic mass is 9.97. The Morgan fingerprint density at radius 3 is 2.72 bits per heavy atom. The van der Waals surface area contributed by atoms with Crippen molar-refractivity contribution in [1.82, 2.24) is 9.80 Å². The summed E-state index contributed by atoms with van der Waals surface area (Å²) in [5, 5.41) is 18.7. The summed E-state index contributed by atoms with van der Waals surface area (Å²) in [6.45, 7) is 2.89. The zero-order chi connectivity index (χ0) is 13.3. The fourth-order valence-corrected chi connectivity index (χ4v) is 3.46. The highest BCUT2D eigenvalue weighted by atomic mass is 32.2. The molecule has 0 saturated carbocycles. The molecular weight excluding hydrogens is 256 g/mol. The van der Waals surface area contributed by atoms with Crippen molar-refractivity contribution >= 4 is 23.8 Å². The molecule has 2 aliphatic heterocycles. The number of carboxylic acid groups (broad SMARTS) is 1. The van der Waals surface area contributed by atoms with Crippen molar-refractivity contribution in [3.8, 4) is 0 Å². The molecule has 2 amide bonds. The van der Waals surface area contributed by atoms with Crippen LogP contribution in [0.4, 0.5) is 4.79 Å². The highest BCUT2D eigenvalue weighted by Crippen LogP contribution is 2.25. The van der Waals surface area contributed by atoms with Gasteiger partial charge in [-0.25, -0.2) is 9.59 Å². The van der Waals surface area contributed by atoms with Crippen LogP contribution in [0.2, 0.25) is 0 Å². The Morgan fingerprint density at radius 1 is 1.39 bits per heavy atom. The summed E-state index contributed by atoms with van der Waals surface area (Å²) >= 11 is 1.46. The third-order valence-corrected chi connectivity index (χ3v) is 4.56. The Morgan fingerprint density at radius 2 is 2.11 bits per heavy atom. The van der Waals surface area contributed by atoms with E-state index in [1.807, 2.05) is 6.92 Å². The van der Waals surface area contributed by atoms with E-state index in [4.69, 9.17) is 5.11 Å². The van der Waals surface area contributed by atoms with Gasteiger partial charge in [0, 0.05) is 18.8 Å². The van der Waals surface area contributed by atoms with E-state index in [0.29, 0.717) is 31.1 Å². The van der Waals surface area contributed by atoms with Gasteiger partial charge in [0.1, 0.15) is 6.04 Å². The Kier molecular flexibility index (Phi) is 4.01. The van der Waals surface area contributed by atoms with Gasteiger partial charge in [-0.1, -0.05) is 6.92 Å². The van der Waals surface area contributed by atoms with Gasteiger partial charge >= 0.3 is 12.0 Å². The summed E-state index contributed by atoms with van der Waals surface area (Å²) in [7, 11) is 0. The zero-order valence-electron chi connectivity index (χ0n) is 10.3. The number of carbonyl (C=O) groups excluding carboxylic acids is 1. The minimum absolute atomic E-state index is 0.0428. The minimum Gasteiger partial charge on any atom is -0.480 e. The molecule has 2 unspecified atom stereocenters. The van der Waals surface area contributed by atoms with Gasteiger partial charge in [-0.3, -0.25) is 0 Å². The van der Waals surface area contributed by atoms with Crippen molar-refractivity contribution in [2.75, 3.05) is 24.7 Å². The van der Waals surface area contributed by atoms with E-state index < -0.39 is 12.0 Å². The lowest BCUT2D eigenvalue weighted by Gasteiger charge is -2.37. The fraction of sp³-hybridized carbons (Fsp3) is 0.818. The third kappa shape index (κ3) is 2.56. The number of urea groups is 1. The molecule has 102 valence electrons. The Hall–Kier alpha value is -0.950. The van der Waals surface area contributed by atoms with Crippen LogP contribution in [0, 0.1) is 5.92 Å². The predicted molar refractivity (Wildman–Crippen MR) is 67.3 cm³/mol. The van der Waals surface area contributed by atoms with E-state index in [1.165, 1.54) is 16.7 Å². The highest BCUT2D eigenvalue weighted by molar-refractivity contribution is 7.99. The number of likely N-dealkylation sites (tertiary alicyclic amines) is 1. The summed E-state index contributed by atoms with van der Waals surface area (Å²) in [5.41, 5.74) is 0. The Labute approximate surface area is 110 Å². The number of carboxylic acids is 1. The number of hydrogen-bond donors (Lipinski definition) is 2. The number of piperidine rings is 1. The van der Waals surface area contributed by atoms with E-state index in [2.05, 4.69) is 0 Å². The molecule has 0 bridgehead atoms. The van der Waals surface area contributed by atoms with E-state index in [1.54, 1.807) is 4.90 Å². The summed E-state index contributed by atoms with van der Waals surface area (Å²) in [6.07, 6.45) is 0.198. The second kappa shape index (κ2) is 5.36. The van der Waals surface area contributed by atoms with Crippen molar-refractivity contribution in [2.24, 2.45) is 5.92 Å². The molecule has 0 spiro atoms. The van der Waals surface area contributed by atoms with Gasteiger partial charge in [0.15, 0.2) is 0 Å². The molecule has 0 radical (unpaired) electrons. The average molecular weight is 274 g/mol. The second-order valence-electron chi connectivity index (χ2n) is 4.89. The highest BCUT2D eigenvalue weighted by Gasteiger charge is 2.38. The first-order valence-corrected chi connectivity index (χ1v) is 7.20. The topological polar surface area (TPSA) is 81.1 Å². The van der Waals surface area contributed by atoms with Crippen molar-refractivity contribution in [1.29, 1.82) is 0 Å². The Bertz CT molecular complexity index is 352. The molecule has 2 N–H and O–H groups in total. The smallest absolute Gasteiger partial charge is 0.327 e. The van der Waals surface area contributed by atoms with Gasteiger partial charge in [0.2, 0.25) is 0 Å². The minimum atomic E-state index is -0.946. The lowest BCUT2D eigenvalue weighted by molar-refractivity contribution is -0.141. The maximum atomic E-state index is 12.3. The Balaban J connectivity index is 2.01. The fourth-order valence-electron chi connectivity index (χ4n) is 2.32. The van der Waals surface area contributed by atoms with E-state index in [0.717, 1.165) is 0 Å². The van der Waals surface area contributed by atoms with Crippen molar-refractivity contribution < 1.29 is 19.8 Å². The summed E-state index contributed by atoms with van der Waals surface area (Å²) in [4.78, 5) is 26.4. The van der Waals surface area contributed by atoms with Crippen LogP contribution in [0.5, 0.6) is 0 Å². The summed E-state index contributed by atoms with van der Waals surface area (Å²) in [5.74, 6) is -0.0178. The molecule has 18 heavy (non-hydrogen) atoms. The van der Waals surface area contributed by atoms with Crippen LogP contribution in [-0.4, -0.2) is 68.9 Å². The maximum absolute atomic E-state index is 12.3. The molecule has 2 heterocycles. The molecule has 0 aromatic heterocycles. The van der Waals surface area contributed by atoms with Crippen LogP contribution < -0.4 is 0 Å². The van der Waals surface area contributed by atoms with Gasteiger partial charge in [-0.2, -0.15) is 0 Å². The van der Waals surface area contributed by atoms with Crippen molar-refractivity contribution in [3.05, 3.63) is 0 Å². The van der Waals surface area contributed by atoms with Gasteiger partial charge in [0.25, 0.3) is 0 Å². The van der Waals surface area contributed by atoms with E-state index in [-0.39, 0.29) is 18.1 Å². The van der Waals surface area contributed by atoms with E-state index >= 15 is 0 Å². The van der Waals surface area contributed by atoms with Crippen molar-refractivity contribution in [3.63, 3.8) is 0 Å². The van der Waals surface area contributed by atoms with Crippen molar-refractivity contribution in [2.45, 2.75) is 25.5 Å². The molecule has 0 aromatic rings. The second-order valence-corrected chi connectivity index (χ2v) is 5.89. The van der Waals surface area contributed by atoms with Crippen LogP contribution >= 0.6 is 11.8 Å². The molecular formula is C11H18N2O4S. The first kappa shape index (κ1) is 13.5. The van der Waals surface area contributed by atoms with Crippen LogP contribution in [0.25, 0.3) is 0 Å². The average Bonchev–Trinajstić information content (AvgIpc) is 2.81. The molecule has 3 atom stereocenters. The van der Waals surface area contributed by atoms with Crippen LogP contribution in [0.15, 0.2) is 0 Å².